The number of amides is 2. The van der Waals surface area contributed by atoms with Crippen LogP contribution >= 0.6 is 11.6 Å². The standard InChI is InChI=1S/C18H24ClN3O2/c19-15-5-1-3-13(9-15)11-21-7-8-22(12-17(21)23)18(24)16-6-2-4-14(16)10-20/h1,3,5,9,14,16H,2,4,6-8,10-12,20H2/t14-,16-/m1/s1. The molecule has 1 aliphatic carbocycles. The fourth-order valence-corrected chi connectivity index (χ4v) is 4.01. The van der Waals surface area contributed by atoms with Gasteiger partial charge in [0.05, 0.1) is 6.54 Å². The second-order valence-electron chi connectivity index (χ2n) is 6.74. The van der Waals surface area contributed by atoms with Crippen molar-refractivity contribution in [2.75, 3.05) is 26.2 Å². The van der Waals surface area contributed by atoms with Crippen molar-refractivity contribution in [2.24, 2.45) is 17.6 Å². The Morgan fingerprint density at radius 2 is 2.12 bits per heavy atom. The molecule has 2 fully saturated rings. The van der Waals surface area contributed by atoms with Gasteiger partial charge in [0.25, 0.3) is 0 Å². The number of carbonyl (C=O) groups excluding carboxylic acids is 2. The van der Waals surface area contributed by atoms with Crippen LogP contribution in [-0.4, -0.2) is 47.8 Å². The Hall–Kier alpha value is -1.59. The van der Waals surface area contributed by atoms with Crippen molar-refractivity contribution in [3.63, 3.8) is 0 Å². The molecular formula is C18H24ClN3O2. The Bertz CT molecular complexity index is 622. The fraction of sp³-hybridized carbons (Fsp3) is 0.556. The molecule has 3 rings (SSSR count). The number of carbonyl (C=O) groups is 2. The van der Waals surface area contributed by atoms with Gasteiger partial charge in [-0.3, -0.25) is 9.59 Å². The summed E-state index contributed by atoms with van der Waals surface area (Å²) in [6, 6.07) is 7.53. The lowest BCUT2D eigenvalue weighted by Gasteiger charge is -2.36. The van der Waals surface area contributed by atoms with E-state index in [2.05, 4.69) is 0 Å². The van der Waals surface area contributed by atoms with Crippen molar-refractivity contribution in [1.29, 1.82) is 0 Å². The second kappa shape index (κ2) is 7.53. The molecule has 0 spiro atoms. The normalized spacial score (nSPS) is 24.5. The summed E-state index contributed by atoms with van der Waals surface area (Å²) in [6.07, 6.45) is 2.98. The predicted octanol–water partition coefficient (Wildman–Crippen LogP) is 1.89. The Morgan fingerprint density at radius 1 is 1.29 bits per heavy atom. The average Bonchev–Trinajstić information content (AvgIpc) is 3.04. The molecule has 6 heteroatoms. The molecule has 5 nitrogen and oxygen atoms in total. The summed E-state index contributed by atoms with van der Waals surface area (Å²) in [4.78, 5) is 28.7. The highest BCUT2D eigenvalue weighted by Gasteiger charge is 2.37. The number of nitrogens with two attached hydrogens (primary N) is 1. The van der Waals surface area contributed by atoms with Crippen LogP contribution in [0.15, 0.2) is 24.3 Å². The number of benzene rings is 1. The first-order valence-electron chi connectivity index (χ1n) is 8.59. The molecule has 130 valence electrons. The summed E-state index contributed by atoms with van der Waals surface area (Å²) in [7, 11) is 0. The van der Waals surface area contributed by atoms with Gasteiger partial charge in [0, 0.05) is 30.6 Å². The molecule has 1 saturated heterocycles. The van der Waals surface area contributed by atoms with E-state index in [1.165, 1.54) is 0 Å². The third-order valence-corrected chi connectivity index (χ3v) is 5.41. The van der Waals surface area contributed by atoms with Gasteiger partial charge in [0.2, 0.25) is 11.8 Å². The topological polar surface area (TPSA) is 66.6 Å². The maximum absolute atomic E-state index is 12.7. The minimum Gasteiger partial charge on any atom is -0.335 e. The number of piperazine rings is 1. The highest BCUT2D eigenvalue weighted by molar-refractivity contribution is 6.30. The Balaban J connectivity index is 1.59. The third kappa shape index (κ3) is 3.73. The summed E-state index contributed by atoms with van der Waals surface area (Å²) in [6.45, 7) is 2.43. The van der Waals surface area contributed by atoms with Crippen LogP contribution in [0.25, 0.3) is 0 Å². The minimum atomic E-state index is -0.00290. The number of nitrogens with zero attached hydrogens (tertiary/aromatic N) is 2. The zero-order valence-corrected chi connectivity index (χ0v) is 14.5. The molecule has 0 radical (unpaired) electrons. The van der Waals surface area contributed by atoms with E-state index in [0.29, 0.717) is 31.2 Å². The molecule has 2 amide bonds. The smallest absolute Gasteiger partial charge is 0.242 e. The predicted molar refractivity (Wildman–Crippen MR) is 93.3 cm³/mol. The molecule has 24 heavy (non-hydrogen) atoms. The highest BCUT2D eigenvalue weighted by Crippen LogP contribution is 2.32. The molecule has 2 atom stereocenters. The monoisotopic (exact) mass is 349 g/mol. The first kappa shape index (κ1) is 17.2. The van der Waals surface area contributed by atoms with Crippen LogP contribution in [0.2, 0.25) is 5.02 Å². The van der Waals surface area contributed by atoms with Crippen molar-refractivity contribution in [3.8, 4) is 0 Å². The lowest BCUT2D eigenvalue weighted by atomic mass is 9.94. The number of halogens is 1. The Kier molecular flexibility index (Phi) is 5.41. The molecule has 0 aromatic heterocycles. The van der Waals surface area contributed by atoms with Crippen LogP contribution in [0, 0.1) is 11.8 Å². The molecule has 1 heterocycles. The second-order valence-corrected chi connectivity index (χ2v) is 7.17. The molecule has 1 aromatic carbocycles. The van der Waals surface area contributed by atoms with Gasteiger partial charge in [0.15, 0.2) is 0 Å². The van der Waals surface area contributed by atoms with Crippen LogP contribution in [0.3, 0.4) is 0 Å². The van der Waals surface area contributed by atoms with E-state index in [1.807, 2.05) is 24.3 Å². The Labute approximate surface area is 147 Å². The quantitative estimate of drug-likeness (QED) is 0.902. The van der Waals surface area contributed by atoms with Crippen LogP contribution in [0.1, 0.15) is 24.8 Å². The van der Waals surface area contributed by atoms with E-state index in [0.717, 1.165) is 24.8 Å². The van der Waals surface area contributed by atoms with Crippen LogP contribution in [0.5, 0.6) is 0 Å². The van der Waals surface area contributed by atoms with E-state index >= 15 is 0 Å². The maximum Gasteiger partial charge on any atom is 0.242 e. The molecule has 0 bridgehead atoms. The summed E-state index contributed by atoms with van der Waals surface area (Å²) in [5, 5.41) is 0.669. The first-order chi connectivity index (χ1) is 11.6. The van der Waals surface area contributed by atoms with Crippen molar-refractivity contribution in [3.05, 3.63) is 34.9 Å². The van der Waals surface area contributed by atoms with Crippen LogP contribution in [-0.2, 0) is 16.1 Å². The number of hydrogen-bond donors (Lipinski definition) is 1. The zero-order valence-electron chi connectivity index (χ0n) is 13.8. The molecule has 2 N–H and O–H groups in total. The lowest BCUT2D eigenvalue weighted by Crippen LogP contribution is -2.53. The van der Waals surface area contributed by atoms with Crippen molar-refractivity contribution in [1.82, 2.24) is 9.80 Å². The average molecular weight is 350 g/mol. The Morgan fingerprint density at radius 3 is 2.83 bits per heavy atom. The van der Waals surface area contributed by atoms with Gasteiger partial charge in [-0.05, 0) is 43.0 Å². The maximum atomic E-state index is 12.7. The SMILES string of the molecule is NC[C@H]1CCC[C@H]1C(=O)N1CCN(Cc2cccc(Cl)c2)C(=O)C1. The molecule has 1 aromatic rings. The van der Waals surface area contributed by atoms with Gasteiger partial charge in [-0.15, -0.1) is 0 Å². The van der Waals surface area contributed by atoms with Crippen molar-refractivity contribution in [2.45, 2.75) is 25.8 Å². The summed E-state index contributed by atoms with van der Waals surface area (Å²) in [5.41, 5.74) is 6.79. The summed E-state index contributed by atoms with van der Waals surface area (Å²) in [5.74, 6) is 0.384. The first-order valence-corrected chi connectivity index (χ1v) is 8.97. The van der Waals surface area contributed by atoms with Gasteiger partial charge < -0.3 is 15.5 Å². The minimum absolute atomic E-state index is 0.00211. The molecular weight excluding hydrogens is 326 g/mol. The summed E-state index contributed by atoms with van der Waals surface area (Å²) < 4.78 is 0. The summed E-state index contributed by atoms with van der Waals surface area (Å²) >= 11 is 6.00. The molecule has 0 unspecified atom stereocenters. The van der Waals surface area contributed by atoms with Crippen molar-refractivity contribution >= 4 is 23.4 Å². The fourth-order valence-electron chi connectivity index (χ4n) is 3.80. The van der Waals surface area contributed by atoms with E-state index in [1.54, 1.807) is 9.80 Å². The van der Waals surface area contributed by atoms with E-state index in [4.69, 9.17) is 17.3 Å². The molecule has 1 saturated carbocycles. The van der Waals surface area contributed by atoms with E-state index in [9.17, 15) is 9.59 Å². The third-order valence-electron chi connectivity index (χ3n) is 5.17. The van der Waals surface area contributed by atoms with E-state index < -0.39 is 0 Å². The van der Waals surface area contributed by atoms with Gasteiger partial charge in [0.1, 0.15) is 0 Å². The van der Waals surface area contributed by atoms with E-state index in [-0.39, 0.29) is 30.2 Å². The molecule has 1 aliphatic heterocycles. The van der Waals surface area contributed by atoms with Crippen LogP contribution < -0.4 is 5.73 Å². The number of rotatable bonds is 4. The van der Waals surface area contributed by atoms with Gasteiger partial charge in [-0.25, -0.2) is 0 Å². The van der Waals surface area contributed by atoms with Gasteiger partial charge in [-0.1, -0.05) is 30.2 Å². The molecule has 2 aliphatic rings. The van der Waals surface area contributed by atoms with Crippen LogP contribution in [0.4, 0.5) is 0 Å². The number of hydrogen-bond acceptors (Lipinski definition) is 3. The highest BCUT2D eigenvalue weighted by atomic mass is 35.5. The van der Waals surface area contributed by atoms with Crippen molar-refractivity contribution < 1.29 is 9.59 Å². The largest absolute Gasteiger partial charge is 0.335 e. The van der Waals surface area contributed by atoms with Gasteiger partial charge >= 0.3 is 0 Å². The lowest BCUT2D eigenvalue weighted by molar-refractivity contribution is -0.148. The zero-order chi connectivity index (χ0) is 17.1. The van der Waals surface area contributed by atoms with Gasteiger partial charge in [-0.2, -0.15) is 0 Å².